The second-order valence-corrected chi connectivity index (χ2v) is 4.53. The number of hydrogen-bond donors (Lipinski definition) is 2. The number of carbonyl (C=O) groups is 1. The van der Waals surface area contributed by atoms with Crippen LogP contribution in [0, 0.1) is 0 Å². The molecule has 0 spiro atoms. The minimum Gasteiger partial charge on any atom is -0.393 e. The molecule has 0 aromatic carbocycles. The Morgan fingerprint density at radius 3 is 2.24 bits per heavy atom. The first-order valence-electron chi connectivity index (χ1n) is 6.67. The molecule has 1 atom stereocenters. The Labute approximate surface area is 105 Å². The lowest BCUT2D eigenvalue weighted by Crippen LogP contribution is -2.49. The van der Waals surface area contributed by atoms with Gasteiger partial charge in [0, 0.05) is 6.61 Å². The van der Waals surface area contributed by atoms with Crippen LogP contribution in [0.3, 0.4) is 0 Å². The smallest absolute Gasteiger partial charge is 0.252 e. The van der Waals surface area contributed by atoms with Crippen LogP contribution in [0.5, 0.6) is 0 Å². The van der Waals surface area contributed by atoms with Crippen LogP contribution in [0.2, 0.25) is 0 Å². The molecule has 4 heteroatoms. The van der Waals surface area contributed by atoms with Crippen molar-refractivity contribution in [1.82, 2.24) is 0 Å². The van der Waals surface area contributed by atoms with Crippen LogP contribution in [0.1, 0.15) is 58.8 Å². The average Bonchev–Trinajstić information content (AvgIpc) is 2.32. The van der Waals surface area contributed by atoms with Crippen LogP contribution in [-0.2, 0) is 9.53 Å². The first-order valence-corrected chi connectivity index (χ1v) is 6.67. The van der Waals surface area contributed by atoms with Crippen molar-refractivity contribution >= 4 is 5.91 Å². The Morgan fingerprint density at radius 2 is 1.76 bits per heavy atom. The molecule has 0 saturated heterocycles. The fourth-order valence-electron chi connectivity index (χ4n) is 1.75. The van der Waals surface area contributed by atoms with Crippen LogP contribution in [0.4, 0.5) is 0 Å². The van der Waals surface area contributed by atoms with Crippen molar-refractivity contribution in [2.75, 3.05) is 13.2 Å². The zero-order chi connectivity index (χ0) is 13.1. The Kier molecular flexibility index (Phi) is 9.09. The van der Waals surface area contributed by atoms with Crippen molar-refractivity contribution in [1.29, 1.82) is 0 Å². The highest BCUT2D eigenvalue weighted by Gasteiger charge is 2.36. The molecule has 0 fully saturated rings. The SMILES string of the molecule is CCCCCOC(CO)(CCCCC)C(N)=O. The number of aliphatic hydroxyl groups is 1. The second kappa shape index (κ2) is 9.42. The maximum absolute atomic E-state index is 11.4. The average molecular weight is 245 g/mol. The van der Waals surface area contributed by atoms with Crippen molar-refractivity contribution in [2.45, 2.75) is 64.4 Å². The van der Waals surface area contributed by atoms with Gasteiger partial charge < -0.3 is 15.6 Å². The largest absolute Gasteiger partial charge is 0.393 e. The van der Waals surface area contributed by atoms with E-state index in [1.165, 1.54) is 0 Å². The van der Waals surface area contributed by atoms with E-state index in [2.05, 4.69) is 13.8 Å². The standard InChI is InChI=1S/C13H27NO3/c1-3-5-7-9-13(11-15,12(14)16)17-10-8-6-4-2/h15H,3-11H2,1-2H3,(H2,14,16). The third kappa shape index (κ3) is 6.03. The normalized spacial score (nSPS) is 14.5. The highest BCUT2D eigenvalue weighted by atomic mass is 16.5. The molecule has 102 valence electrons. The van der Waals surface area contributed by atoms with Crippen LogP contribution in [0.15, 0.2) is 0 Å². The third-order valence-electron chi connectivity index (χ3n) is 3.01. The van der Waals surface area contributed by atoms with E-state index in [1.54, 1.807) is 0 Å². The Bertz CT molecular complexity index is 209. The molecule has 4 nitrogen and oxygen atoms in total. The number of ether oxygens (including phenoxy) is 1. The molecule has 3 N–H and O–H groups in total. The summed E-state index contributed by atoms with van der Waals surface area (Å²) in [4.78, 5) is 11.4. The number of nitrogens with two attached hydrogens (primary N) is 1. The number of carbonyl (C=O) groups excluding carboxylic acids is 1. The fraction of sp³-hybridized carbons (Fsp3) is 0.923. The Morgan fingerprint density at radius 1 is 1.18 bits per heavy atom. The van der Waals surface area contributed by atoms with Crippen molar-refractivity contribution in [3.63, 3.8) is 0 Å². The van der Waals surface area contributed by atoms with E-state index in [4.69, 9.17) is 10.5 Å². The summed E-state index contributed by atoms with van der Waals surface area (Å²) in [5.41, 5.74) is 4.19. The minimum atomic E-state index is -1.16. The second-order valence-electron chi connectivity index (χ2n) is 4.53. The van der Waals surface area contributed by atoms with Crippen LogP contribution in [0.25, 0.3) is 0 Å². The van der Waals surface area contributed by atoms with E-state index in [-0.39, 0.29) is 6.61 Å². The van der Waals surface area contributed by atoms with Crippen LogP contribution >= 0.6 is 0 Å². The molecule has 0 bridgehead atoms. The predicted octanol–water partition coefficient (Wildman–Crippen LogP) is 1.99. The first-order chi connectivity index (χ1) is 8.13. The molecule has 0 aliphatic carbocycles. The molecular weight excluding hydrogens is 218 g/mol. The van der Waals surface area contributed by atoms with Gasteiger partial charge in [0.1, 0.15) is 0 Å². The van der Waals surface area contributed by atoms with Crippen LogP contribution < -0.4 is 5.73 Å². The summed E-state index contributed by atoms with van der Waals surface area (Å²) in [7, 11) is 0. The lowest BCUT2D eigenvalue weighted by molar-refractivity contribution is -0.151. The molecule has 0 aliphatic rings. The van der Waals surface area contributed by atoms with Gasteiger partial charge in [0.25, 0.3) is 5.91 Å². The lowest BCUT2D eigenvalue weighted by atomic mass is 9.96. The highest BCUT2D eigenvalue weighted by molar-refractivity contribution is 5.83. The Balaban J connectivity index is 4.22. The molecule has 0 rings (SSSR count). The third-order valence-corrected chi connectivity index (χ3v) is 3.01. The van der Waals surface area contributed by atoms with Crippen molar-refractivity contribution < 1.29 is 14.6 Å². The molecule has 1 unspecified atom stereocenters. The molecule has 17 heavy (non-hydrogen) atoms. The van der Waals surface area contributed by atoms with Gasteiger partial charge >= 0.3 is 0 Å². The number of aliphatic hydroxyl groups excluding tert-OH is 1. The van der Waals surface area contributed by atoms with Crippen molar-refractivity contribution in [2.24, 2.45) is 5.73 Å². The van der Waals surface area contributed by atoms with Crippen LogP contribution in [-0.4, -0.2) is 29.8 Å². The quantitative estimate of drug-likeness (QED) is 0.547. The van der Waals surface area contributed by atoms with E-state index in [0.717, 1.165) is 38.5 Å². The molecule has 0 aromatic rings. The zero-order valence-corrected chi connectivity index (χ0v) is 11.2. The van der Waals surface area contributed by atoms with E-state index in [9.17, 15) is 9.90 Å². The molecule has 0 radical (unpaired) electrons. The summed E-state index contributed by atoms with van der Waals surface area (Å²) in [6, 6.07) is 0. The zero-order valence-electron chi connectivity index (χ0n) is 11.2. The summed E-state index contributed by atoms with van der Waals surface area (Å²) in [6.45, 7) is 4.36. The summed E-state index contributed by atoms with van der Waals surface area (Å²) in [6.07, 6.45) is 6.52. The topological polar surface area (TPSA) is 72.6 Å². The van der Waals surface area contributed by atoms with E-state index in [0.29, 0.717) is 13.0 Å². The number of unbranched alkanes of at least 4 members (excludes halogenated alkanes) is 4. The summed E-state index contributed by atoms with van der Waals surface area (Å²) in [5, 5.41) is 9.38. The molecular formula is C13H27NO3. The van der Waals surface area contributed by atoms with Gasteiger partial charge in [-0.05, 0) is 19.3 Å². The Hall–Kier alpha value is -0.610. The maximum Gasteiger partial charge on any atom is 0.252 e. The summed E-state index contributed by atoms with van der Waals surface area (Å²) in [5.74, 6) is -0.549. The number of rotatable bonds is 11. The number of primary amides is 1. The molecule has 0 aromatic heterocycles. The van der Waals surface area contributed by atoms with Gasteiger partial charge in [-0.3, -0.25) is 4.79 Å². The van der Waals surface area contributed by atoms with Gasteiger partial charge in [0.05, 0.1) is 6.61 Å². The van der Waals surface area contributed by atoms with Gasteiger partial charge in [-0.25, -0.2) is 0 Å². The fourth-order valence-corrected chi connectivity index (χ4v) is 1.75. The van der Waals surface area contributed by atoms with Gasteiger partial charge in [0.2, 0.25) is 0 Å². The maximum atomic E-state index is 11.4. The highest BCUT2D eigenvalue weighted by Crippen LogP contribution is 2.20. The van der Waals surface area contributed by atoms with Gasteiger partial charge in [-0.15, -0.1) is 0 Å². The molecule has 0 aliphatic heterocycles. The summed E-state index contributed by atoms with van der Waals surface area (Å²) < 4.78 is 5.56. The molecule has 0 heterocycles. The van der Waals surface area contributed by atoms with E-state index < -0.39 is 11.5 Å². The van der Waals surface area contributed by atoms with Gasteiger partial charge in [-0.1, -0.05) is 39.5 Å². The molecule has 1 amide bonds. The number of amides is 1. The molecule has 0 saturated carbocycles. The van der Waals surface area contributed by atoms with Gasteiger partial charge in [-0.2, -0.15) is 0 Å². The van der Waals surface area contributed by atoms with E-state index >= 15 is 0 Å². The number of hydrogen-bond acceptors (Lipinski definition) is 3. The first kappa shape index (κ1) is 16.4. The predicted molar refractivity (Wildman–Crippen MR) is 68.6 cm³/mol. The lowest BCUT2D eigenvalue weighted by Gasteiger charge is -2.28. The van der Waals surface area contributed by atoms with Gasteiger partial charge in [0.15, 0.2) is 5.60 Å². The monoisotopic (exact) mass is 245 g/mol. The summed E-state index contributed by atoms with van der Waals surface area (Å²) >= 11 is 0. The van der Waals surface area contributed by atoms with E-state index in [1.807, 2.05) is 0 Å². The van der Waals surface area contributed by atoms with Crippen molar-refractivity contribution in [3.8, 4) is 0 Å². The minimum absolute atomic E-state index is 0.321. The van der Waals surface area contributed by atoms with Crippen molar-refractivity contribution in [3.05, 3.63) is 0 Å².